The highest BCUT2D eigenvalue weighted by atomic mass is 16.7. The van der Waals surface area contributed by atoms with Gasteiger partial charge in [-0.05, 0) is 86.2 Å². The molecular weight excluding hydrogens is 336 g/mol. The van der Waals surface area contributed by atoms with Gasteiger partial charge in [0.05, 0.1) is 20.3 Å². The van der Waals surface area contributed by atoms with Crippen molar-refractivity contribution in [3.05, 3.63) is 29.8 Å². The van der Waals surface area contributed by atoms with Crippen LogP contribution in [-0.4, -0.2) is 20.3 Å². The smallest absolute Gasteiger partial charge is 0.183 e. The summed E-state index contributed by atoms with van der Waals surface area (Å²) >= 11 is 0. The van der Waals surface area contributed by atoms with Gasteiger partial charge in [-0.25, -0.2) is 0 Å². The Kier molecular flexibility index (Phi) is 5.17. The molecule has 6 unspecified atom stereocenters. The lowest BCUT2D eigenvalue weighted by Gasteiger charge is -2.28. The van der Waals surface area contributed by atoms with E-state index >= 15 is 0 Å². The Morgan fingerprint density at radius 3 is 1.74 bits per heavy atom. The molecule has 0 heterocycles. The van der Waals surface area contributed by atoms with E-state index in [0.717, 1.165) is 60.0 Å². The molecule has 6 atom stereocenters. The summed E-state index contributed by atoms with van der Waals surface area (Å²) < 4.78 is 18.1. The Labute approximate surface area is 163 Å². The van der Waals surface area contributed by atoms with Gasteiger partial charge in [0.15, 0.2) is 6.29 Å². The molecule has 1 aromatic carbocycles. The highest BCUT2D eigenvalue weighted by Gasteiger charge is 2.41. The molecule has 0 aliphatic heterocycles. The van der Waals surface area contributed by atoms with Gasteiger partial charge in [0.25, 0.3) is 0 Å². The van der Waals surface area contributed by atoms with Crippen molar-refractivity contribution in [3.8, 4) is 5.75 Å². The van der Waals surface area contributed by atoms with Crippen molar-refractivity contribution in [2.45, 2.75) is 57.7 Å². The molecule has 0 amide bonds. The van der Waals surface area contributed by atoms with Gasteiger partial charge in [-0.1, -0.05) is 25.0 Å². The van der Waals surface area contributed by atoms with Gasteiger partial charge in [-0.3, -0.25) is 0 Å². The van der Waals surface area contributed by atoms with Crippen molar-refractivity contribution >= 4 is 0 Å². The summed E-state index contributed by atoms with van der Waals surface area (Å²) in [5.74, 6) is 6.12. The van der Waals surface area contributed by atoms with Crippen molar-refractivity contribution in [1.29, 1.82) is 0 Å². The number of methoxy groups -OCH3 is 1. The summed E-state index contributed by atoms with van der Waals surface area (Å²) in [6.07, 6.45) is 11.1. The molecule has 4 bridgehead atoms. The van der Waals surface area contributed by atoms with Gasteiger partial charge in [-0.15, -0.1) is 0 Å². The van der Waals surface area contributed by atoms with Crippen LogP contribution in [0.1, 0.15) is 63.2 Å². The minimum atomic E-state index is -0.228. The number of benzene rings is 1. The fourth-order valence-corrected chi connectivity index (χ4v) is 6.58. The lowest BCUT2D eigenvalue weighted by atomic mass is 9.89. The molecule has 5 rings (SSSR count). The molecule has 4 aliphatic rings. The zero-order chi connectivity index (χ0) is 18.2. The molecule has 4 fully saturated rings. The third-order valence-electron chi connectivity index (χ3n) is 8.08. The fourth-order valence-electron chi connectivity index (χ4n) is 6.58. The predicted molar refractivity (Wildman–Crippen MR) is 106 cm³/mol. The monoisotopic (exact) mass is 370 g/mol. The zero-order valence-corrected chi connectivity index (χ0v) is 16.6. The van der Waals surface area contributed by atoms with E-state index in [-0.39, 0.29) is 6.29 Å². The molecule has 4 saturated carbocycles. The molecule has 148 valence electrons. The first-order chi connectivity index (χ1) is 13.3. The van der Waals surface area contributed by atoms with Crippen molar-refractivity contribution in [2.24, 2.45) is 35.5 Å². The van der Waals surface area contributed by atoms with E-state index in [1.54, 1.807) is 7.11 Å². The van der Waals surface area contributed by atoms with E-state index < -0.39 is 0 Å². The van der Waals surface area contributed by atoms with Crippen LogP contribution in [0.4, 0.5) is 0 Å². The minimum absolute atomic E-state index is 0.228. The van der Waals surface area contributed by atoms with E-state index in [2.05, 4.69) is 12.1 Å². The molecule has 3 heteroatoms. The average molecular weight is 371 g/mol. The number of hydrogen-bond donors (Lipinski definition) is 0. The van der Waals surface area contributed by atoms with Crippen LogP contribution in [0.5, 0.6) is 5.75 Å². The van der Waals surface area contributed by atoms with Gasteiger partial charge in [0.2, 0.25) is 0 Å². The summed E-state index contributed by atoms with van der Waals surface area (Å²) in [7, 11) is 1.71. The number of ether oxygens (including phenoxy) is 3. The van der Waals surface area contributed by atoms with Crippen LogP contribution in [0.25, 0.3) is 0 Å². The quantitative estimate of drug-likeness (QED) is 0.558. The zero-order valence-electron chi connectivity index (χ0n) is 16.6. The van der Waals surface area contributed by atoms with E-state index in [1.807, 2.05) is 12.1 Å². The van der Waals surface area contributed by atoms with Crippen molar-refractivity contribution < 1.29 is 14.2 Å². The molecule has 0 aromatic heterocycles. The molecule has 0 radical (unpaired) electrons. The molecule has 4 aliphatic carbocycles. The maximum atomic E-state index is 6.42. The molecule has 1 aromatic rings. The third kappa shape index (κ3) is 3.78. The van der Waals surface area contributed by atoms with E-state index in [0.29, 0.717) is 0 Å². The van der Waals surface area contributed by atoms with Crippen molar-refractivity contribution in [3.63, 3.8) is 0 Å². The van der Waals surface area contributed by atoms with Gasteiger partial charge >= 0.3 is 0 Å². The van der Waals surface area contributed by atoms with Gasteiger partial charge in [-0.2, -0.15) is 0 Å². The minimum Gasteiger partial charge on any atom is -0.497 e. The molecule has 0 saturated heterocycles. The second-order valence-electron chi connectivity index (χ2n) is 9.64. The van der Waals surface area contributed by atoms with Crippen molar-refractivity contribution in [1.82, 2.24) is 0 Å². The van der Waals surface area contributed by atoms with Crippen LogP contribution >= 0.6 is 0 Å². The highest BCUT2D eigenvalue weighted by Crippen LogP contribution is 2.50. The van der Waals surface area contributed by atoms with Gasteiger partial charge in [0, 0.05) is 5.56 Å². The van der Waals surface area contributed by atoms with Gasteiger partial charge < -0.3 is 14.2 Å². The molecular formula is C24H34O3. The van der Waals surface area contributed by atoms with Crippen LogP contribution in [0.3, 0.4) is 0 Å². The van der Waals surface area contributed by atoms with Crippen LogP contribution in [0.2, 0.25) is 0 Å². The number of rotatable bonds is 8. The highest BCUT2D eigenvalue weighted by molar-refractivity contribution is 5.27. The van der Waals surface area contributed by atoms with Crippen molar-refractivity contribution in [2.75, 3.05) is 20.3 Å². The Morgan fingerprint density at radius 1 is 0.778 bits per heavy atom. The normalized spacial score (nSPS) is 37.8. The SMILES string of the molecule is COc1ccc(C(OCC2CC3CCC2C3)OCC2CC3CCC2C3)cc1. The van der Waals surface area contributed by atoms with E-state index in [1.165, 1.54) is 51.4 Å². The number of fused-ring (bicyclic) bond motifs is 4. The molecule has 0 spiro atoms. The molecule has 27 heavy (non-hydrogen) atoms. The van der Waals surface area contributed by atoms with Gasteiger partial charge in [0.1, 0.15) is 5.75 Å². The number of hydrogen-bond acceptors (Lipinski definition) is 3. The topological polar surface area (TPSA) is 27.7 Å². The third-order valence-corrected chi connectivity index (χ3v) is 8.08. The molecule has 3 nitrogen and oxygen atoms in total. The van der Waals surface area contributed by atoms with E-state index in [4.69, 9.17) is 14.2 Å². The Morgan fingerprint density at radius 2 is 1.33 bits per heavy atom. The average Bonchev–Trinajstić information content (AvgIpc) is 3.49. The van der Waals surface area contributed by atoms with Crippen LogP contribution in [0.15, 0.2) is 24.3 Å². The largest absolute Gasteiger partial charge is 0.497 e. The predicted octanol–water partition coefficient (Wildman–Crippen LogP) is 5.60. The lowest BCUT2D eigenvalue weighted by molar-refractivity contribution is -0.166. The lowest BCUT2D eigenvalue weighted by Crippen LogP contribution is -2.23. The maximum Gasteiger partial charge on any atom is 0.183 e. The maximum absolute atomic E-state index is 6.42. The van der Waals surface area contributed by atoms with Crippen LogP contribution in [0, 0.1) is 35.5 Å². The Balaban J connectivity index is 1.22. The first-order valence-electron chi connectivity index (χ1n) is 11.2. The second kappa shape index (κ2) is 7.75. The Hall–Kier alpha value is -1.06. The summed E-state index contributed by atoms with van der Waals surface area (Å²) in [6.45, 7) is 1.71. The van der Waals surface area contributed by atoms with Crippen LogP contribution < -0.4 is 4.74 Å². The second-order valence-corrected chi connectivity index (χ2v) is 9.64. The fraction of sp³-hybridized carbons (Fsp3) is 0.750. The Bertz CT molecular complexity index is 595. The summed E-state index contributed by atoms with van der Waals surface area (Å²) in [5, 5.41) is 0. The van der Waals surface area contributed by atoms with Crippen LogP contribution in [-0.2, 0) is 9.47 Å². The summed E-state index contributed by atoms with van der Waals surface area (Å²) in [6, 6.07) is 8.24. The molecule has 0 N–H and O–H groups in total. The first-order valence-corrected chi connectivity index (χ1v) is 11.2. The summed E-state index contributed by atoms with van der Waals surface area (Å²) in [4.78, 5) is 0. The first kappa shape index (κ1) is 18.0. The summed E-state index contributed by atoms with van der Waals surface area (Å²) in [5.41, 5.74) is 1.13. The van der Waals surface area contributed by atoms with E-state index in [9.17, 15) is 0 Å². The standard InChI is InChI=1S/C24H34O3/c1-25-23-8-6-18(7-9-23)24(26-14-21-12-16-2-4-19(21)10-16)27-15-22-13-17-3-5-20(22)11-17/h6-9,16-17,19-22,24H,2-5,10-15H2,1H3.